The molecule has 0 bridgehead atoms. The first-order valence-electron chi connectivity index (χ1n) is 10.4. The average molecular weight is 495 g/mol. The van der Waals surface area contributed by atoms with Gasteiger partial charge in [0.2, 0.25) is 0 Å². The van der Waals surface area contributed by atoms with Gasteiger partial charge in [0.25, 0.3) is 16.8 Å². The molecule has 34 heavy (non-hydrogen) atoms. The zero-order chi connectivity index (χ0) is 24.1. The summed E-state index contributed by atoms with van der Waals surface area (Å²) in [6.07, 6.45) is 2.23. The van der Waals surface area contributed by atoms with Crippen LogP contribution in [0.4, 0.5) is 10.5 Å². The molecule has 4 rings (SSSR count). The van der Waals surface area contributed by atoms with Gasteiger partial charge in [-0.3, -0.25) is 24.6 Å². The highest BCUT2D eigenvalue weighted by molar-refractivity contribution is 8.18. The molecular formula is C25H19ClN2O5S. The Morgan fingerprint density at radius 1 is 1.00 bits per heavy atom. The van der Waals surface area contributed by atoms with Crippen molar-refractivity contribution in [3.05, 3.63) is 110 Å². The number of carbonyl (C=O) groups excluding carboxylic acids is 2. The van der Waals surface area contributed by atoms with Crippen LogP contribution in [-0.4, -0.2) is 27.5 Å². The normalized spacial score (nSPS) is 14.6. The lowest BCUT2D eigenvalue weighted by atomic mass is 10.1. The lowest BCUT2D eigenvalue weighted by Gasteiger charge is -2.12. The van der Waals surface area contributed by atoms with Crippen molar-refractivity contribution < 1.29 is 19.2 Å². The molecule has 0 aliphatic carbocycles. The minimum atomic E-state index is -0.460. The second-order valence-electron chi connectivity index (χ2n) is 7.47. The van der Waals surface area contributed by atoms with Gasteiger partial charge in [-0.2, -0.15) is 0 Å². The Labute approximate surface area is 205 Å². The highest BCUT2D eigenvalue weighted by atomic mass is 35.5. The lowest BCUT2D eigenvalue weighted by molar-refractivity contribution is -0.384. The molecule has 1 fully saturated rings. The average Bonchev–Trinajstić information content (AvgIpc) is 3.10. The molecule has 0 atom stereocenters. The largest absolute Gasteiger partial charge is 0.487 e. The van der Waals surface area contributed by atoms with Crippen molar-refractivity contribution in [2.24, 2.45) is 0 Å². The molecule has 3 aromatic carbocycles. The first kappa shape index (κ1) is 23.5. The van der Waals surface area contributed by atoms with E-state index in [2.05, 4.69) is 0 Å². The highest BCUT2D eigenvalue weighted by Gasteiger charge is 2.34. The van der Waals surface area contributed by atoms with Crippen molar-refractivity contribution in [3.8, 4) is 5.75 Å². The fourth-order valence-corrected chi connectivity index (χ4v) is 4.44. The maximum Gasteiger partial charge on any atom is 0.293 e. The molecule has 1 aliphatic rings. The summed E-state index contributed by atoms with van der Waals surface area (Å²) in [5, 5.41) is 10.8. The monoisotopic (exact) mass is 494 g/mol. The number of ether oxygens (including phenoxy) is 1. The van der Waals surface area contributed by atoms with Gasteiger partial charge < -0.3 is 4.74 Å². The fraction of sp³-hybridized carbons (Fsp3) is 0.120. The molecule has 1 aliphatic heterocycles. The first-order valence-corrected chi connectivity index (χ1v) is 11.5. The van der Waals surface area contributed by atoms with Gasteiger partial charge in [0, 0.05) is 18.7 Å². The maximum atomic E-state index is 12.7. The van der Waals surface area contributed by atoms with Gasteiger partial charge in [-0.25, -0.2) is 0 Å². The van der Waals surface area contributed by atoms with Crippen molar-refractivity contribution in [1.82, 2.24) is 4.90 Å². The van der Waals surface area contributed by atoms with Gasteiger partial charge in [0.05, 0.1) is 14.9 Å². The molecule has 1 saturated heterocycles. The summed E-state index contributed by atoms with van der Waals surface area (Å²) in [6, 6.07) is 20.8. The van der Waals surface area contributed by atoms with E-state index in [1.165, 1.54) is 17.0 Å². The van der Waals surface area contributed by atoms with E-state index in [4.69, 9.17) is 16.3 Å². The van der Waals surface area contributed by atoms with Crippen molar-refractivity contribution in [1.29, 1.82) is 0 Å². The minimum absolute atomic E-state index is 0.00983. The number of imide groups is 1. The van der Waals surface area contributed by atoms with Crippen LogP contribution in [0.1, 0.15) is 16.7 Å². The zero-order valence-corrected chi connectivity index (χ0v) is 19.4. The van der Waals surface area contributed by atoms with Gasteiger partial charge in [-0.05, 0) is 65.2 Å². The van der Waals surface area contributed by atoms with Crippen molar-refractivity contribution in [3.63, 3.8) is 0 Å². The molecule has 0 radical (unpaired) electrons. The molecule has 0 spiro atoms. The maximum absolute atomic E-state index is 12.7. The van der Waals surface area contributed by atoms with Gasteiger partial charge in [-0.1, -0.05) is 48.0 Å². The molecule has 9 heteroatoms. The standard InChI is InChI=1S/C25H19ClN2O5S/c26-21-14-19(8-11-22(21)33-16-18-6-9-20(10-7-18)28(31)32)15-23-24(29)27(25(30)34-23)13-12-17-4-2-1-3-5-17/h1-11,14-15H,12-13,16H2/b23-15-. The minimum Gasteiger partial charge on any atom is -0.487 e. The molecule has 3 aromatic rings. The fourth-order valence-electron chi connectivity index (χ4n) is 3.33. The van der Waals surface area contributed by atoms with E-state index in [9.17, 15) is 19.7 Å². The van der Waals surface area contributed by atoms with Crippen LogP contribution in [0.3, 0.4) is 0 Å². The summed E-state index contributed by atoms with van der Waals surface area (Å²) in [5.41, 5.74) is 2.49. The topological polar surface area (TPSA) is 89.7 Å². The van der Waals surface area contributed by atoms with Crippen LogP contribution in [0.25, 0.3) is 6.08 Å². The van der Waals surface area contributed by atoms with Gasteiger partial charge >= 0.3 is 0 Å². The van der Waals surface area contributed by atoms with E-state index in [0.717, 1.165) is 22.9 Å². The number of rotatable bonds is 8. The Balaban J connectivity index is 1.39. The van der Waals surface area contributed by atoms with E-state index in [1.807, 2.05) is 30.3 Å². The van der Waals surface area contributed by atoms with E-state index in [-0.39, 0.29) is 23.4 Å². The number of thioether (sulfide) groups is 1. The molecule has 0 N–H and O–H groups in total. The van der Waals surface area contributed by atoms with Gasteiger partial charge in [0.15, 0.2) is 0 Å². The zero-order valence-electron chi connectivity index (χ0n) is 17.8. The second kappa shape index (κ2) is 10.5. The van der Waals surface area contributed by atoms with Crippen LogP contribution >= 0.6 is 23.4 Å². The molecular weight excluding hydrogens is 476 g/mol. The Morgan fingerprint density at radius 2 is 1.74 bits per heavy atom. The third-order valence-electron chi connectivity index (χ3n) is 5.14. The quantitative estimate of drug-likeness (QED) is 0.213. The third-order valence-corrected chi connectivity index (χ3v) is 6.34. The third kappa shape index (κ3) is 5.65. The second-order valence-corrected chi connectivity index (χ2v) is 8.87. The molecule has 1 heterocycles. The van der Waals surface area contributed by atoms with Crippen molar-refractivity contribution >= 4 is 46.3 Å². The number of nitro benzene ring substituents is 1. The molecule has 7 nitrogen and oxygen atoms in total. The Kier molecular flexibility index (Phi) is 7.30. The summed E-state index contributed by atoms with van der Waals surface area (Å²) < 4.78 is 5.72. The van der Waals surface area contributed by atoms with E-state index in [1.54, 1.807) is 36.4 Å². The van der Waals surface area contributed by atoms with Crippen molar-refractivity contribution in [2.45, 2.75) is 13.0 Å². The smallest absolute Gasteiger partial charge is 0.293 e. The number of hydrogen-bond acceptors (Lipinski definition) is 6. The predicted molar refractivity (Wildman–Crippen MR) is 132 cm³/mol. The molecule has 0 saturated carbocycles. The summed E-state index contributed by atoms with van der Waals surface area (Å²) in [7, 11) is 0. The number of benzene rings is 3. The van der Waals surface area contributed by atoms with Crippen LogP contribution in [0, 0.1) is 10.1 Å². The molecule has 172 valence electrons. The van der Waals surface area contributed by atoms with Crippen molar-refractivity contribution in [2.75, 3.05) is 6.54 Å². The van der Waals surface area contributed by atoms with Crippen LogP contribution in [0.5, 0.6) is 5.75 Å². The first-order chi connectivity index (χ1) is 16.4. The van der Waals surface area contributed by atoms with Crippen LogP contribution in [0.2, 0.25) is 5.02 Å². The van der Waals surface area contributed by atoms with Gasteiger partial charge in [0.1, 0.15) is 12.4 Å². The summed E-state index contributed by atoms with van der Waals surface area (Å²) in [5.74, 6) is 0.119. The number of carbonyl (C=O) groups is 2. The summed E-state index contributed by atoms with van der Waals surface area (Å²) >= 11 is 7.26. The Bertz CT molecular complexity index is 1260. The molecule has 0 unspecified atom stereocenters. The SMILES string of the molecule is O=C1S/C(=C\c2ccc(OCc3ccc([N+](=O)[O-])cc3)c(Cl)c2)C(=O)N1CCc1ccccc1. The summed E-state index contributed by atoms with van der Waals surface area (Å²) in [4.78, 5) is 37.0. The van der Waals surface area contributed by atoms with Crippen LogP contribution in [-0.2, 0) is 17.8 Å². The van der Waals surface area contributed by atoms with E-state index in [0.29, 0.717) is 34.2 Å². The molecule has 2 amide bonds. The number of hydrogen-bond donors (Lipinski definition) is 0. The Hall–Kier alpha value is -3.62. The van der Waals surface area contributed by atoms with E-state index < -0.39 is 4.92 Å². The summed E-state index contributed by atoms with van der Waals surface area (Å²) in [6.45, 7) is 0.513. The Morgan fingerprint density at radius 3 is 2.41 bits per heavy atom. The number of non-ortho nitro benzene ring substituents is 1. The number of nitro groups is 1. The van der Waals surface area contributed by atoms with Gasteiger partial charge in [-0.15, -0.1) is 0 Å². The lowest BCUT2D eigenvalue weighted by Crippen LogP contribution is -2.30. The van der Waals surface area contributed by atoms with E-state index >= 15 is 0 Å². The number of halogens is 1. The number of nitrogens with zero attached hydrogens (tertiary/aromatic N) is 2. The van der Waals surface area contributed by atoms with Crippen LogP contribution in [0.15, 0.2) is 77.7 Å². The van der Waals surface area contributed by atoms with Crippen LogP contribution < -0.4 is 4.74 Å². The predicted octanol–water partition coefficient (Wildman–Crippen LogP) is 6.11. The highest BCUT2D eigenvalue weighted by Crippen LogP contribution is 2.34. The molecule has 0 aromatic heterocycles. The number of amides is 2.